The minimum Gasteiger partial charge on any atom is -0.459 e. The predicted molar refractivity (Wildman–Crippen MR) is 106 cm³/mol. The molecule has 1 atom stereocenters. The van der Waals surface area contributed by atoms with E-state index >= 15 is 0 Å². The summed E-state index contributed by atoms with van der Waals surface area (Å²) in [5.74, 6) is 0.368. The first-order valence-electron chi connectivity index (χ1n) is 8.50. The first-order chi connectivity index (χ1) is 12.3. The number of carbonyl (C=O) groups excluding carboxylic acids is 1. The summed E-state index contributed by atoms with van der Waals surface area (Å²) < 4.78 is 5.05. The van der Waals surface area contributed by atoms with Crippen LogP contribution in [0.15, 0.2) is 22.8 Å². The second-order valence-corrected chi connectivity index (χ2v) is 9.02. The number of anilines is 1. The van der Waals surface area contributed by atoms with Crippen molar-refractivity contribution in [3.8, 4) is 6.07 Å². The number of carbonyl (C=O) groups is 1. The third-order valence-electron chi connectivity index (χ3n) is 4.80. The highest BCUT2D eigenvalue weighted by atomic mass is 32.1. The summed E-state index contributed by atoms with van der Waals surface area (Å²) in [6, 6.07) is 5.50. The number of nitrogens with zero attached hydrogens (tertiary/aromatic N) is 1. The van der Waals surface area contributed by atoms with Crippen molar-refractivity contribution < 1.29 is 9.21 Å². The lowest BCUT2D eigenvalue weighted by atomic mass is 9.72. The van der Waals surface area contributed by atoms with E-state index in [9.17, 15) is 10.1 Å². The summed E-state index contributed by atoms with van der Waals surface area (Å²) in [6.45, 7) is 6.79. The lowest BCUT2D eigenvalue weighted by Gasteiger charge is -2.33. The molecule has 0 aromatic carbocycles. The lowest BCUT2D eigenvalue weighted by Crippen LogP contribution is -2.33. The van der Waals surface area contributed by atoms with Gasteiger partial charge in [-0.1, -0.05) is 20.8 Å². The predicted octanol–water partition coefficient (Wildman–Crippen LogP) is 4.49. The maximum absolute atomic E-state index is 12.0. The Balaban J connectivity index is 1.75. The van der Waals surface area contributed by atoms with Crippen molar-refractivity contribution in [2.75, 3.05) is 5.32 Å². The van der Waals surface area contributed by atoms with Crippen molar-refractivity contribution in [3.05, 3.63) is 40.2 Å². The zero-order chi connectivity index (χ0) is 18.9. The molecule has 2 aromatic heterocycles. The van der Waals surface area contributed by atoms with Gasteiger partial charge in [0.15, 0.2) is 10.9 Å². The molecule has 0 spiro atoms. The molecule has 2 heterocycles. The highest BCUT2D eigenvalue weighted by Gasteiger charge is 2.32. The summed E-state index contributed by atoms with van der Waals surface area (Å²) >= 11 is 6.79. The van der Waals surface area contributed by atoms with Gasteiger partial charge in [-0.2, -0.15) is 5.26 Å². The summed E-state index contributed by atoms with van der Waals surface area (Å²) in [6.07, 6.45) is 4.40. The van der Waals surface area contributed by atoms with Crippen molar-refractivity contribution in [2.24, 2.45) is 11.3 Å². The molecule has 1 aliphatic carbocycles. The molecular weight excluding hydrogens is 366 g/mol. The van der Waals surface area contributed by atoms with Crippen molar-refractivity contribution >= 4 is 39.6 Å². The number of nitriles is 1. The van der Waals surface area contributed by atoms with E-state index in [4.69, 9.17) is 16.6 Å². The fraction of sp³-hybridized carbons (Fsp3) is 0.421. The number of thiocarbonyl (C=S) groups is 1. The van der Waals surface area contributed by atoms with Crippen LogP contribution in [0.25, 0.3) is 0 Å². The molecular formula is C19H21N3O2S2. The van der Waals surface area contributed by atoms with Crippen molar-refractivity contribution in [1.29, 1.82) is 5.26 Å². The molecule has 0 unspecified atom stereocenters. The molecule has 2 aromatic rings. The summed E-state index contributed by atoms with van der Waals surface area (Å²) in [5.41, 5.74) is 2.02. The Morgan fingerprint density at radius 3 is 2.85 bits per heavy atom. The Morgan fingerprint density at radius 1 is 1.46 bits per heavy atom. The Bertz CT molecular complexity index is 870. The van der Waals surface area contributed by atoms with Gasteiger partial charge in [0, 0.05) is 4.88 Å². The van der Waals surface area contributed by atoms with Crippen molar-refractivity contribution in [1.82, 2.24) is 5.32 Å². The normalized spacial score (nSPS) is 16.5. The van der Waals surface area contributed by atoms with E-state index in [1.807, 2.05) is 0 Å². The van der Waals surface area contributed by atoms with Crippen molar-refractivity contribution in [2.45, 2.75) is 40.0 Å². The van der Waals surface area contributed by atoms with Crippen molar-refractivity contribution in [3.63, 3.8) is 0 Å². The minimum atomic E-state index is -0.417. The Morgan fingerprint density at radius 2 is 2.23 bits per heavy atom. The zero-order valence-electron chi connectivity index (χ0n) is 15.0. The van der Waals surface area contributed by atoms with Gasteiger partial charge in [0.05, 0.1) is 11.8 Å². The second kappa shape index (κ2) is 7.22. The fourth-order valence-corrected chi connectivity index (χ4v) is 4.78. The molecule has 136 valence electrons. The first-order valence-corrected chi connectivity index (χ1v) is 9.72. The smallest absolute Gasteiger partial charge is 0.293 e. The highest BCUT2D eigenvalue weighted by molar-refractivity contribution is 7.80. The van der Waals surface area contributed by atoms with Gasteiger partial charge < -0.3 is 9.73 Å². The monoisotopic (exact) mass is 387 g/mol. The average Bonchev–Trinajstić information content (AvgIpc) is 3.20. The average molecular weight is 388 g/mol. The molecule has 26 heavy (non-hydrogen) atoms. The standard InChI is InChI=1S/C19H21N3O2S2/c1-19(2,3)11-6-7-12-13(10-20)17(26-15(12)9-11)22-18(25)21-16(23)14-5-4-8-24-14/h4-5,8,11H,6-7,9H2,1-3H3,(H2,21,22,23,25)/t11-/m0/s1. The fourth-order valence-electron chi connectivity index (χ4n) is 3.24. The topological polar surface area (TPSA) is 78.1 Å². The van der Waals surface area contributed by atoms with Crippen LogP contribution in [-0.2, 0) is 12.8 Å². The van der Waals surface area contributed by atoms with Crippen LogP contribution in [0.3, 0.4) is 0 Å². The van der Waals surface area contributed by atoms with Crippen LogP contribution in [0.1, 0.15) is 53.8 Å². The number of hydrogen-bond acceptors (Lipinski definition) is 5. The van der Waals surface area contributed by atoms with Gasteiger partial charge in [0.2, 0.25) is 0 Å². The molecule has 0 radical (unpaired) electrons. The molecule has 1 amide bonds. The molecule has 7 heteroatoms. The molecule has 2 N–H and O–H groups in total. The maximum atomic E-state index is 12.0. The second-order valence-electron chi connectivity index (χ2n) is 7.51. The van der Waals surface area contributed by atoms with Crippen LogP contribution in [0.2, 0.25) is 0 Å². The minimum absolute atomic E-state index is 0.161. The van der Waals surface area contributed by atoms with Crippen LogP contribution < -0.4 is 10.6 Å². The lowest BCUT2D eigenvalue weighted by molar-refractivity contribution is 0.0950. The van der Waals surface area contributed by atoms with Crippen LogP contribution in [0.5, 0.6) is 0 Å². The first kappa shape index (κ1) is 18.6. The van der Waals surface area contributed by atoms with E-state index in [0.717, 1.165) is 24.8 Å². The molecule has 0 saturated heterocycles. The van der Waals surface area contributed by atoms with Crippen LogP contribution >= 0.6 is 23.6 Å². The Kier molecular flexibility index (Phi) is 5.17. The summed E-state index contributed by atoms with van der Waals surface area (Å²) in [4.78, 5) is 13.3. The van der Waals surface area contributed by atoms with E-state index in [2.05, 4.69) is 37.5 Å². The van der Waals surface area contributed by atoms with E-state index in [-0.39, 0.29) is 16.3 Å². The molecule has 1 aliphatic rings. The van der Waals surface area contributed by atoms with Crippen LogP contribution in [0, 0.1) is 22.7 Å². The van der Waals surface area contributed by atoms with E-state index in [1.54, 1.807) is 23.5 Å². The van der Waals surface area contributed by atoms with E-state index in [1.165, 1.54) is 11.1 Å². The number of nitrogens with one attached hydrogen (secondary N) is 2. The number of hydrogen-bond donors (Lipinski definition) is 2. The summed E-state index contributed by atoms with van der Waals surface area (Å²) in [7, 11) is 0. The molecule has 0 aliphatic heterocycles. The Labute approximate surface area is 162 Å². The molecule has 5 nitrogen and oxygen atoms in total. The quantitative estimate of drug-likeness (QED) is 0.742. The zero-order valence-corrected chi connectivity index (χ0v) is 16.6. The number of furan rings is 1. The van der Waals surface area contributed by atoms with Gasteiger partial charge in [-0.3, -0.25) is 10.1 Å². The highest BCUT2D eigenvalue weighted by Crippen LogP contribution is 2.43. The van der Waals surface area contributed by atoms with Gasteiger partial charge >= 0.3 is 0 Å². The molecule has 0 bridgehead atoms. The van der Waals surface area contributed by atoms with Crippen LogP contribution in [-0.4, -0.2) is 11.0 Å². The summed E-state index contributed by atoms with van der Waals surface area (Å²) in [5, 5.41) is 16.1. The molecule has 0 fully saturated rings. The van der Waals surface area contributed by atoms with Gasteiger partial charge in [-0.25, -0.2) is 0 Å². The SMILES string of the molecule is CC(C)(C)[C@H]1CCc2c(sc(NC(=S)NC(=O)c3ccco3)c2C#N)C1. The molecule has 0 saturated carbocycles. The largest absolute Gasteiger partial charge is 0.459 e. The number of fused-ring (bicyclic) bond motifs is 1. The van der Waals surface area contributed by atoms with Crippen LogP contribution in [0.4, 0.5) is 5.00 Å². The van der Waals surface area contributed by atoms with Gasteiger partial charge in [-0.15, -0.1) is 11.3 Å². The van der Waals surface area contributed by atoms with Gasteiger partial charge in [0.25, 0.3) is 5.91 Å². The van der Waals surface area contributed by atoms with E-state index < -0.39 is 5.91 Å². The molecule has 3 rings (SSSR count). The van der Waals surface area contributed by atoms with Gasteiger partial charge in [0.1, 0.15) is 11.1 Å². The number of thiophene rings is 1. The number of rotatable bonds is 2. The van der Waals surface area contributed by atoms with Gasteiger partial charge in [-0.05, 0) is 60.5 Å². The number of amides is 1. The third-order valence-corrected chi connectivity index (χ3v) is 6.17. The maximum Gasteiger partial charge on any atom is 0.293 e. The third kappa shape index (κ3) is 3.81. The van der Waals surface area contributed by atoms with E-state index in [0.29, 0.717) is 16.5 Å². The Hall–Kier alpha value is -2.17.